The molecule has 0 bridgehead atoms. The van der Waals surface area contributed by atoms with Gasteiger partial charge < -0.3 is 10.2 Å². The molecule has 0 saturated carbocycles. The number of hydrogen-bond donors (Lipinski definition) is 1. The Balaban J connectivity index is 1.83. The minimum Gasteiger partial charge on any atom is -0.352 e. The molecule has 1 N–H and O–H groups in total. The molecule has 1 heterocycles. The lowest BCUT2D eigenvalue weighted by Crippen LogP contribution is -2.43. The van der Waals surface area contributed by atoms with Gasteiger partial charge in [-0.2, -0.15) is 0 Å². The van der Waals surface area contributed by atoms with Crippen molar-refractivity contribution in [2.75, 3.05) is 34.2 Å². The van der Waals surface area contributed by atoms with E-state index in [0.717, 1.165) is 25.6 Å². The van der Waals surface area contributed by atoms with Crippen molar-refractivity contribution in [3.8, 4) is 0 Å². The van der Waals surface area contributed by atoms with Crippen molar-refractivity contribution in [1.29, 1.82) is 0 Å². The van der Waals surface area contributed by atoms with Crippen LogP contribution in [0, 0.1) is 0 Å². The topological polar surface area (TPSA) is 30.9 Å². The zero-order valence-electron chi connectivity index (χ0n) is 12.1. The van der Waals surface area contributed by atoms with E-state index in [-0.39, 0.29) is 0 Å². The van der Waals surface area contributed by atoms with E-state index < -0.39 is 0 Å². The Labute approximate surface area is 116 Å². The Morgan fingerprint density at radius 1 is 1.37 bits per heavy atom. The normalized spacial score (nSPS) is 20.6. The van der Waals surface area contributed by atoms with Crippen LogP contribution >= 0.6 is 0 Å². The molecule has 0 spiro atoms. The molecule has 0 aromatic heterocycles. The summed E-state index contributed by atoms with van der Waals surface area (Å²) in [4.78, 5) is 8.80. The molecule has 19 heavy (non-hydrogen) atoms. The second-order valence-electron chi connectivity index (χ2n) is 5.29. The summed E-state index contributed by atoms with van der Waals surface area (Å²) in [5, 5.41) is 3.52. The van der Waals surface area contributed by atoms with Gasteiger partial charge >= 0.3 is 0 Å². The van der Waals surface area contributed by atoms with Crippen LogP contribution < -0.4 is 5.32 Å². The van der Waals surface area contributed by atoms with E-state index in [2.05, 4.69) is 45.5 Å². The highest BCUT2D eigenvalue weighted by atomic mass is 15.3. The van der Waals surface area contributed by atoms with Crippen LogP contribution in [0.5, 0.6) is 0 Å². The van der Waals surface area contributed by atoms with E-state index in [1.807, 2.05) is 26.0 Å². The number of guanidine groups is 1. The molecule has 104 valence electrons. The molecular formula is C15H24N4. The van der Waals surface area contributed by atoms with Crippen molar-refractivity contribution < 1.29 is 0 Å². The fourth-order valence-electron chi connectivity index (χ4n) is 2.51. The van der Waals surface area contributed by atoms with Crippen LogP contribution in [0.2, 0.25) is 0 Å². The van der Waals surface area contributed by atoms with Gasteiger partial charge in [0.1, 0.15) is 0 Å². The fraction of sp³-hybridized carbons (Fsp3) is 0.533. The van der Waals surface area contributed by atoms with Gasteiger partial charge in [0.05, 0.1) is 0 Å². The summed E-state index contributed by atoms with van der Waals surface area (Å²) in [6.07, 6.45) is 1.18. The summed E-state index contributed by atoms with van der Waals surface area (Å²) < 4.78 is 0. The molecular weight excluding hydrogens is 236 g/mol. The van der Waals surface area contributed by atoms with Gasteiger partial charge in [0.15, 0.2) is 5.96 Å². The lowest BCUT2D eigenvalue weighted by atomic mass is 10.2. The molecule has 0 amide bonds. The van der Waals surface area contributed by atoms with Crippen LogP contribution in [0.25, 0.3) is 0 Å². The van der Waals surface area contributed by atoms with Crippen molar-refractivity contribution in [3.63, 3.8) is 0 Å². The summed E-state index contributed by atoms with van der Waals surface area (Å²) >= 11 is 0. The Morgan fingerprint density at radius 2 is 2.11 bits per heavy atom. The van der Waals surface area contributed by atoms with Crippen LogP contribution in [-0.4, -0.2) is 56.0 Å². The molecule has 1 aliphatic heterocycles. The highest BCUT2D eigenvalue weighted by molar-refractivity contribution is 5.79. The molecule has 1 atom stereocenters. The van der Waals surface area contributed by atoms with Gasteiger partial charge in [-0.25, -0.2) is 0 Å². The summed E-state index contributed by atoms with van der Waals surface area (Å²) in [6, 6.07) is 11.2. The van der Waals surface area contributed by atoms with Gasteiger partial charge in [-0.15, -0.1) is 0 Å². The molecule has 1 aromatic rings. The Hall–Kier alpha value is -1.55. The Kier molecular flexibility index (Phi) is 4.80. The molecule has 0 aliphatic carbocycles. The van der Waals surface area contributed by atoms with Crippen LogP contribution in [0.4, 0.5) is 0 Å². The first kappa shape index (κ1) is 13.9. The van der Waals surface area contributed by atoms with Crippen molar-refractivity contribution in [3.05, 3.63) is 35.9 Å². The van der Waals surface area contributed by atoms with Crippen LogP contribution in [0.1, 0.15) is 12.0 Å². The van der Waals surface area contributed by atoms with Gasteiger partial charge in [-0.3, -0.25) is 9.89 Å². The Bertz CT molecular complexity index is 413. The average Bonchev–Trinajstić information content (AvgIpc) is 2.84. The highest BCUT2D eigenvalue weighted by Crippen LogP contribution is 2.13. The van der Waals surface area contributed by atoms with Crippen LogP contribution in [0.15, 0.2) is 35.3 Å². The van der Waals surface area contributed by atoms with Gasteiger partial charge in [-0.05, 0) is 12.0 Å². The molecule has 1 unspecified atom stereocenters. The summed E-state index contributed by atoms with van der Waals surface area (Å²) in [6.45, 7) is 3.28. The van der Waals surface area contributed by atoms with Crippen molar-refractivity contribution in [2.45, 2.75) is 19.0 Å². The third kappa shape index (κ3) is 3.96. The molecule has 2 rings (SSSR count). The quantitative estimate of drug-likeness (QED) is 0.658. The minimum absolute atomic E-state index is 0.504. The van der Waals surface area contributed by atoms with E-state index in [1.165, 1.54) is 12.0 Å². The summed E-state index contributed by atoms with van der Waals surface area (Å²) in [5.41, 5.74) is 1.39. The summed E-state index contributed by atoms with van der Waals surface area (Å²) in [7, 11) is 5.87. The average molecular weight is 260 g/mol. The van der Waals surface area contributed by atoms with Gasteiger partial charge in [0, 0.05) is 46.8 Å². The summed E-state index contributed by atoms with van der Waals surface area (Å²) in [5.74, 6) is 0.964. The zero-order chi connectivity index (χ0) is 13.7. The number of likely N-dealkylation sites (tertiary alicyclic amines) is 1. The van der Waals surface area contributed by atoms with Gasteiger partial charge in [0.25, 0.3) is 0 Å². The Morgan fingerprint density at radius 3 is 2.74 bits per heavy atom. The number of aliphatic imine (C=N–C) groups is 1. The predicted molar refractivity (Wildman–Crippen MR) is 80.3 cm³/mol. The second-order valence-corrected chi connectivity index (χ2v) is 5.29. The molecule has 4 heteroatoms. The minimum atomic E-state index is 0.504. The first-order valence-electron chi connectivity index (χ1n) is 6.86. The molecule has 1 fully saturated rings. The van der Waals surface area contributed by atoms with E-state index >= 15 is 0 Å². The fourth-order valence-corrected chi connectivity index (χ4v) is 2.51. The number of nitrogens with zero attached hydrogens (tertiary/aromatic N) is 3. The number of nitrogens with one attached hydrogen (secondary N) is 1. The SMILES string of the molecule is CN=C(NC1CCN(Cc2ccccc2)C1)N(C)C. The third-order valence-electron chi connectivity index (χ3n) is 3.49. The molecule has 1 aromatic carbocycles. The molecule has 1 saturated heterocycles. The number of hydrogen-bond acceptors (Lipinski definition) is 2. The van der Waals surface area contributed by atoms with Gasteiger partial charge in [0.2, 0.25) is 0 Å². The standard InChI is InChI=1S/C15H24N4/c1-16-15(18(2)3)17-14-9-10-19(12-14)11-13-7-5-4-6-8-13/h4-8,14H,9-12H2,1-3H3,(H,16,17). The molecule has 4 nitrogen and oxygen atoms in total. The first-order valence-corrected chi connectivity index (χ1v) is 6.86. The molecule has 0 radical (unpaired) electrons. The van der Waals surface area contributed by atoms with Crippen LogP contribution in [0.3, 0.4) is 0 Å². The second kappa shape index (κ2) is 6.57. The van der Waals surface area contributed by atoms with Crippen molar-refractivity contribution in [1.82, 2.24) is 15.1 Å². The van der Waals surface area contributed by atoms with Crippen molar-refractivity contribution in [2.24, 2.45) is 4.99 Å². The van der Waals surface area contributed by atoms with E-state index in [4.69, 9.17) is 0 Å². The molecule has 1 aliphatic rings. The maximum atomic E-state index is 4.27. The predicted octanol–water partition coefficient (Wildman–Crippen LogP) is 1.40. The smallest absolute Gasteiger partial charge is 0.193 e. The maximum Gasteiger partial charge on any atom is 0.193 e. The monoisotopic (exact) mass is 260 g/mol. The lowest BCUT2D eigenvalue weighted by Gasteiger charge is -2.22. The number of rotatable bonds is 3. The largest absolute Gasteiger partial charge is 0.352 e. The lowest BCUT2D eigenvalue weighted by molar-refractivity contribution is 0.323. The van der Waals surface area contributed by atoms with E-state index in [1.54, 1.807) is 0 Å². The van der Waals surface area contributed by atoms with Crippen molar-refractivity contribution >= 4 is 5.96 Å². The third-order valence-corrected chi connectivity index (χ3v) is 3.49. The maximum absolute atomic E-state index is 4.27. The van der Waals surface area contributed by atoms with Crippen LogP contribution in [-0.2, 0) is 6.54 Å². The van der Waals surface area contributed by atoms with E-state index in [9.17, 15) is 0 Å². The zero-order valence-corrected chi connectivity index (χ0v) is 12.1. The highest BCUT2D eigenvalue weighted by Gasteiger charge is 2.23. The van der Waals surface area contributed by atoms with E-state index in [0.29, 0.717) is 6.04 Å². The number of benzene rings is 1. The first-order chi connectivity index (χ1) is 9.19. The van der Waals surface area contributed by atoms with Gasteiger partial charge in [-0.1, -0.05) is 30.3 Å².